The number of hydrogen-bond acceptors (Lipinski definition) is 4. The fraction of sp³-hybridized carbons (Fsp3) is 0.500. The van der Waals surface area contributed by atoms with Crippen LogP contribution in [0.15, 0.2) is 24.3 Å². The molecule has 21 heavy (non-hydrogen) atoms. The third-order valence-corrected chi connectivity index (χ3v) is 3.85. The third kappa shape index (κ3) is 4.04. The van der Waals surface area contributed by atoms with Crippen LogP contribution in [0.1, 0.15) is 24.0 Å². The fourth-order valence-electron chi connectivity index (χ4n) is 2.28. The van der Waals surface area contributed by atoms with Crippen LogP contribution in [0, 0.1) is 12.8 Å². The number of ether oxygens (including phenoxy) is 1. The minimum absolute atomic E-state index is 0.180. The lowest BCUT2D eigenvalue weighted by molar-refractivity contribution is -0.145. The molecule has 0 bridgehead atoms. The standard InChI is InChI=1S/C16H22N2O3/c1-11-4-3-5-12(8-11)9-13(14(19)21-2)10-18-15(20)16(17)6-7-16/h3-5,8,13H,6-7,9-10,17H2,1-2H3,(H,18,20). The molecule has 114 valence electrons. The summed E-state index contributed by atoms with van der Waals surface area (Å²) in [5, 5.41) is 2.77. The fourth-order valence-corrected chi connectivity index (χ4v) is 2.28. The summed E-state index contributed by atoms with van der Waals surface area (Å²) in [5.41, 5.74) is 7.30. The van der Waals surface area contributed by atoms with Gasteiger partial charge < -0.3 is 15.8 Å². The number of rotatable bonds is 6. The Balaban J connectivity index is 1.97. The van der Waals surface area contributed by atoms with E-state index in [0.29, 0.717) is 19.3 Å². The zero-order valence-electron chi connectivity index (χ0n) is 12.5. The van der Waals surface area contributed by atoms with Gasteiger partial charge in [0.25, 0.3) is 0 Å². The summed E-state index contributed by atoms with van der Waals surface area (Å²) in [6, 6.07) is 7.96. The Labute approximate surface area is 124 Å². The van der Waals surface area contributed by atoms with E-state index in [1.54, 1.807) is 0 Å². The average molecular weight is 290 g/mol. The van der Waals surface area contributed by atoms with E-state index in [1.807, 2.05) is 31.2 Å². The van der Waals surface area contributed by atoms with Crippen LogP contribution in [-0.4, -0.2) is 31.1 Å². The zero-order chi connectivity index (χ0) is 15.5. The van der Waals surface area contributed by atoms with Crippen LogP contribution in [0.2, 0.25) is 0 Å². The normalized spacial score (nSPS) is 16.9. The van der Waals surface area contributed by atoms with Crippen molar-refractivity contribution in [1.29, 1.82) is 0 Å². The number of benzene rings is 1. The molecule has 5 nitrogen and oxygen atoms in total. The van der Waals surface area contributed by atoms with Crippen LogP contribution in [-0.2, 0) is 20.7 Å². The molecular weight excluding hydrogens is 268 g/mol. The lowest BCUT2D eigenvalue weighted by Crippen LogP contribution is -2.45. The number of methoxy groups -OCH3 is 1. The Morgan fingerprint density at radius 3 is 2.71 bits per heavy atom. The SMILES string of the molecule is COC(=O)C(CNC(=O)C1(N)CC1)Cc1cccc(C)c1. The Morgan fingerprint density at radius 1 is 1.43 bits per heavy atom. The summed E-state index contributed by atoms with van der Waals surface area (Å²) in [6.07, 6.45) is 1.95. The van der Waals surface area contributed by atoms with Gasteiger partial charge in [-0.1, -0.05) is 29.8 Å². The third-order valence-electron chi connectivity index (χ3n) is 3.85. The predicted octanol–water partition coefficient (Wildman–Crippen LogP) is 0.934. The highest BCUT2D eigenvalue weighted by atomic mass is 16.5. The first-order chi connectivity index (χ1) is 9.94. The Kier molecular flexibility index (Phi) is 4.63. The van der Waals surface area contributed by atoms with Crippen LogP contribution in [0.25, 0.3) is 0 Å². The molecule has 1 unspecified atom stereocenters. The van der Waals surface area contributed by atoms with Gasteiger partial charge in [0.1, 0.15) is 0 Å². The van der Waals surface area contributed by atoms with E-state index in [-0.39, 0.29) is 18.4 Å². The lowest BCUT2D eigenvalue weighted by Gasteiger charge is -2.17. The van der Waals surface area contributed by atoms with Gasteiger partial charge in [0.2, 0.25) is 5.91 Å². The summed E-state index contributed by atoms with van der Waals surface area (Å²) in [4.78, 5) is 23.7. The van der Waals surface area contributed by atoms with Gasteiger partial charge in [-0.05, 0) is 31.7 Å². The molecule has 0 aliphatic heterocycles. The number of amides is 1. The maximum atomic E-state index is 11.9. The minimum Gasteiger partial charge on any atom is -0.469 e. The largest absolute Gasteiger partial charge is 0.469 e. The van der Waals surface area contributed by atoms with E-state index in [0.717, 1.165) is 11.1 Å². The smallest absolute Gasteiger partial charge is 0.310 e. The number of hydrogen-bond donors (Lipinski definition) is 2. The molecule has 0 saturated heterocycles. The molecule has 0 radical (unpaired) electrons. The van der Waals surface area contributed by atoms with Gasteiger partial charge >= 0.3 is 5.97 Å². The van der Waals surface area contributed by atoms with Crippen LogP contribution in [0.5, 0.6) is 0 Å². The molecule has 1 aromatic rings. The van der Waals surface area contributed by atoms with Crippen molar-refractivity contribution >= 4 is 11.9 Å². The van der Waals surface area contributed by atoms with E-state index < -0.39 is 11.5 Å². The highest BCUT2D eigenvalue weighted by molar-refractivity contribution is 5.89. The van der Waals surface area contributed by atoms with Crippen molar-refractivity contribution in [2.75, 3.05) is 13.7 Å². The van der Waals surface area contributed by atoms with Gasteiger partial charge in [-0.25, -0.2) is 0 Å². The number of carbonyl (C=O) groups excluding carboxylic acids is 2. The number of nitrogens with one attached hydrogen (secondary N) is 1. The second kappa shape index (κ2) is 6.26. The zero-order valence-corrected chi connectivity index (χ0v) is 12.5. The molecule has 1 aromatic carbocycles. The maximum Gasteiger partial charge on any atom is 0.310 e. The van der Waals surface area contributed by atoms with Gasteiger partial charge in [0, 0.05) is 6.54 Å². The first kappa shape index (κ1) is 15.5. The van der Waals surface area contributed by atoms with E-state index in [2.05, 4.69) is 5.32 Å². The number of esters is 1. The summed E-state index contributed by atoms with van der Waals surface area (Å²) in [7, 11) is 1.36. The molecule has 2 rings (SSSR count). The van der Waals surface area contributed by atoms with Crippen molar-refractivity contribution in [3.8, 4) is 0 Å². The molecule has 0 aromatic heterocycles. The van der Waals surface area contributed by atoms with Crippen molar-refractivity contribution in [2.24, 2.45) is 11.7 Å². The predicted molar refractivity (Wildman–Crippen MR) is 79.6 cm³/mol. The second-order valence-electron chi connectivity index (χ2n) is 5.78. The molecule has 5 heteroatoms. The van der Waals surface area contributed by atoms with E-state index >= 15 is 0 Å². The molecular formula is C16H22N2O3. The highest BCUT2D eigenvalue weighted by Crippen LogP contribution is 2.32. The molecule has 0 heterocycles. The Bertz CT molecular complexity index is 538. The monoisotopic (exact) mass is 290 g/mol. The first-order valence-electron chi connectivity index (χ1n) is 7.15. The van der Waals surface area contributed by atoms with Crippen LogP contribution in [0.3, 0.4) is 0 Å². The molecule has 0 spiro atoms. The summed E-state index contributed by atoms with van der Waals surface area (Å²) >= 11 is 0. The quantitative estimate of drug-likeness (QED) is 0.764. The van der Waals surface area contributed by atoms with E-state index in [4.69, 9.17) is 10.5 Å². The summed E-state index contributed by atoms with van der Waals surface area (Å²) in [6.45, 7) is 2.25. The molecule has 1 atom stereocenters. The first-order valence-corrected chi connectivity index (χ1v) is 7.15. The topological polar surface area (TPSA) is 81.4 Å². The van der Waals surface area contributed by atoms with Crippen molar-refractivity contribution in [3.63, 3.8) is 0 Å². The molecule has 1 aliphatic rings. The molecule has 1 fully saturated rings. The van der Waals surface area contributed by atoms with Crippen molar-refractivity contribution in [1.82, 2.24) is 5.32 Å². The van der Waals surface area contributed by atoms with Crippen LogP contribution < -0.4 is 11.1 Å². The van der Waals surface area contributed by atoms with E-state index in [9.17, 15) is 9.59 Å². The average Bonchev–Trinajstić information content (AvgIpc) is 3.21. The lowest BCUT2D eigenvalue weighted by atomic mass is 9.98. The molecule has 3 N–H and O–H groups in total. The summed E-state index contributed by atoms with van der Waals surface area (Å²) < 4.78 is 4.83. The van der Waals surface area contributed by atoms with Crippen molar-refractivity contribution < 1.29 is 14.3 Å². The van der Waals surface area contributed by atoms with Crippen LogP contribution >= 0.6 is 0 Å². The summed E-state index contributed by atoms with van der Waals surface area (Å²) in [5.74, 6) is -0.901. The molecule has 1 amide bonds. The molecule has 1 saturated carbocycles. The highest BCUT2D eigenvalue weighted by Gasteiger charge is 2.46. The number of aryl methyl sites for hydroxylation is 1. The van der Waals surface area contributed by atoms with Crippen molar-refractivity contribution in [2.45, 2.75) is 31.7 Å². The van der Waals surface area contributed by atoms with Crippen molar-refractivity contribution in [3.05, 3.63) is 35.4 Å². The van der Waals surface area contributed by atoms with Gasteiger partial charge in [0.05, 0.1) is 18.6 Å². The van der Waals surface area contributed by atoms with Gasteiger partial charge in [0.15, 0.2) is 0 Å². The van der Waals surface area contributed by atoms with E-state index in [1.165, 1.54) is 7.11 Å². The maximum absolute atomic E-state index is 11.9. The number of carbonyl (C=O) groups is 2. The number of nitrogens with two attached hydrogens (primary N) is 1. The van der Waals surface area contributed by atoms with Gasteiger partial charge in [-0.15, -0.1) is 0 Å². The van der Waals surface area contributed by atoms with Gasteiger partial charge in [-0.2, -0.15) is 0 Å². The Morgan fingerprint density at radius 2 is 2.14 bits per heavy atom. The van der Waals surface area contributed by atoms with Crippen LogP contribution in [0.4, 0.5) is 0 Å². The molecule has 1 aliphatic carbocycles. The second-order valence-corrected chi connectivity index (χ2v) is 5.78. The minimum atomic E-state index is -0.718. The Hall–Kier alpha value is -1.88. The van der Waals surface area contributed by atoms with Gasteiger partial charge in [-0.3, -0.25) is 9.59 Å².